The molecule has 0 amide bonds. The van der Waals surface area contributed by atoms with Crippen LogP contribution in [0.3, 0.4) is 0 Å². The van der Waals surface area contributed by atoms with E-state index in [9.17, 15) is 0 Å². The summed E-state index contributed by atoms with van der Waals surface area (Å²) in [5.74, 6) is 1.70. The van der Waals surface area contributed by atoms with Gasteiger partial charge in [-0.15, -0.1) is 0 Å². The number of hydrogen-bond acceptors (Lipinski definition) is 4. The van der Waals surface area contributed by atoms with Crippen molar-refractivity contribution in [2.75, 3.05) is 12.3 Å². The maximum atomic E-state index is 6.15. The standard InChI is InChI=1S/C16H27N3O/c1-4-20-16(9-7-5-6-8-10-16)15-18-13(12(2)3)11-14(17)19-15/h11-12H,4-10H2,1-3H3,(H2,17,18,19). The third kappa shape index (κ3) is 3.29. The lowest BCUT2D eigenvalue weighted by molar-refractivity contribution is -0.0625. The third-order valence-corrected chi connectivity index (χ3v) is 4.10. The fourth-order valence-corrected chi connectivity index (χ4v) is 2.99. The van der Waals surface area contributed by atoms with Crippen molar-refractivity contribution in [2.45, 2.75) is 70.8 Å². The predicted octanol–water partition coefficient (Wildman–Crippen LogP) is 3.77. The molecule has 1 aliphatic rings. The third-order valence-electron chi connectivity index (χ3n) is 4.10. The van der Waals surface area contributed by atoms with E-state index in [1.54, 1.807) is 0 Å². The lowest BCUT2D eigenvalue weighted by atomic mass is 9.92. The van der Waals surface area contributed by atoms with Crippen molar-refractivity contribution in [3.63, 3.8) is 0 Å². The van der Waals surface area contributed by atoms with Gasteiger partial charge in [0.15, 0.2) is 5.82 Å². The Hall–Kier alpha value is -1.16. The van der Waals surface area contributed by atoms with Gasteiger partial charge < -0.3 is 10.5 Å². The van der Waals surface area contributed by atoms with Crippen LogP contribution in [0.4, 0.5) is 5.82 Å². The molecule has 1 aromatic rings. The van der Waals surface area contributed by atoms with Gasteiger partial charge in [-0.2, -0.15) is 0 Å². The monoisotopic (exact) mass is 277 g/mol. The van der Waals surface area contributed by atoms with Crippen LogP contribution in [-0.4, -0.2) is 16.6 Å². The Morgan fingerprint density at radius 1 is 1.20 bits per heavy atom. The Kier molecular flexibility index (Phi) is 4.97. The quantitative estimate of drug-likeness (QED) is 0.851. The molecule has 0 aromatic carbocycles. The van der Waals surface area contributed by atoms with Crippen LogP contribution >= 0.6 is 0 Å². The molecule has 4 nitrogen and oxygen atoms in total. The number of anilines is 1. The molecule has 1 saturated carbocycles. The van der Waals surface area contributed by atoms with Crippen molar-refractivity contribution in [2.24, 2.45) is 0 Å². The highest BCUT2D eigenvalue weighted by molar-refractivity contribution is 5.32. The van der Waals surface area contributed by atoms with Crippen molar-refractivity contribution < 1.29 is 4.74 Å². The van der Waals surface area contributed by atoms with Gasteiger partial charge >= 0.3 is 0 Å². The average Bonchev–Trinajstić information content (AvgIpc) is 2.65. The average molecular weight is 277 g/mol. The van der Waals surface area contributed by atoms with E-state index in [-0.39, 0.29) is 5.60 Å². The number of nitrogens with two attached hydrogens (primary N) is 1. The molecule has 112 valence electrons. The minimum atomic E-state index is -0.329. The summed E-state index contributed by atoms with van der Waals surface area (Å²) in [5.41, 5.74) is 6.67. The van der Waals surface area contributed by atoms with E-state index < -0.39 is 0 Å². The fourth-order valence-electron chi connectivity index (χ4n) is 2.99. The molecule has 1 fully saturated rings. The van der Waals surface area contributed by atoms with Gasteiger partial charge in [0.05, 0.1) is 0 Å². The molecule has 0 aliphatic heterocycles. The van der Waals surface area contributed by atoms with E-state index in [2.05, 4.69) is 18.8 Å². The van der Waals surface area contributed by atoms with Crippen molar-refractivity contribution in [3.05, 3.63) is 17.6 Å². The van der Waals surface area contributed by atoms with E-state index in [4.69, 9.17) is 15.5 Å². The molecular formula is C16H27N3O. The molecule has 4 heteroatoms. The summed E-state index contributed by atoms with van der Waals surface area (Å²) in [6.45, 7) is 7.00. The molecule has 1 aliphatic carbocycles. The number of nitrogens with zero attached hydrogens (tertiary/aromatic N) is 2. The maximum absolute atomic E-state index is 6.15. The summed E-state index contributed by atoms with van der Waals surface area (Å²) < 4.78 is 6.15. The molecule has 0 spiro atoms. The summed E-state index contributed by atoms with van der Waals surface area (Å²) in [6.07, 6.45) is 6.90. The van der Waals surface area contributed by atoms with Gasteiger partial charge in [0.25, 0.3) is 0 Å². The smallest absolute Gasteiger partial charge is 0.162 e. The predicted molar refractivity (Wildman–Crippen MR) is 81.5 cm³/mol. The summed E-state index contributed by atoms with van der Waals surface area (Å²) in [5, 5.41) is 0. The van der Waals surface area contributed by atoms with E-state index in [0.29, 0.717) is 18.3 Å². The zero-order valence-corrected chi connectivity index (χ0v) is 13.0. The molecule has 0 saturated heterocycles. The van der Waals surface area contributed by atoms with Gasteiger partial charge in [0, 0.05) is 18.4 Å². The van der Waals surface area contributed by atoms with E-state index in [0.717, 1.165) is 24.4 Å². The largest absolute Gasteiger partial charge is 0.384 e. The van der Waals surface area contributed by atoms with Crippen LogP contribution in [0.1, 0.15) is 76.7 Å². The van der Waals surface area contributed by atoms with Gasteiger partial charge in [0.1, 0.15) is 11.4 Å². The molecule has 2 rings (SSSR count). The topological polar surface area (TPSA) is 61.0 Å². The van der Waals surface area contributed by atoms with Crippen LogP contribution < -0.4 is 5.73 Å². The Morgan fingerprint density at radius 3 is 2.40 bits per heavy atom. The second kappa shape index (κ2) is 6.53. The van der Waals surface area contributed by atoms with Crippen LogP contribution in [-0.2, 0) is 10.3 Å². The van der Waals surface area contributed by atoms with Crippen molar-refractivity contribution in [1.29, 1.82) is 0 Å². The Bertz CT molecular complexity index is 437. The van der Waals surface area contributed by atoms with Gasteiger partial charge in [0.2, 0.25) is 0 Å². The van der Waals surface area contributed by atoms with Gasteiger partial charge in [-0.05, 0) is 25.7 Å². The molecule has 0 unspecified atom stereocenters. The first-order chi connectivity index (χ1) is 9.57. The number of rotatable bonds is 4. The van der Waals surface area contributed by atoms with Crippen LogP contribution in [0.2, 0.25) is 0 Å². The molecule has 0 bridgehead atoms. The zero-order valence-electron chi connectivity index (χ0n) is 13.0. The minimum Gasteiger partial charge on any atom is -0.384 e. The lowest BCUT2D eigenvalue weighted by Gasteiger charge is -2.31. The molecule has 20 heavy (non-hydrogen) atoms. The van der Waals surface area contributed by atoms with Crippen LogP contribution in [0, 0.1) is 0 Å². The highest BCUT2D eigenvalue weighted by atomic mass is 16.5. The van der Waals surface area contributed by atoms with Crippen molar-refractivity contribution >= 4 is 5.82 Å². The Balaban J connectivity index is 2.42. The minimum absolute atomic E-state index is 0.329. The van der Waals surface area contributed by atoms with E-state index >= 15 is 0 Å². The van der Waals surface area contributed by atoms with Gasteiger partial charge in [-0.25, -0.2) is 9.97 Å². The number of hydrogen-bond donors (Lipinski definition) is 1. The molecule has 0 atom stereocenters. The summed E-state index contributed by atoms with van der Waals surface area (Å²) >= 11 is 0. The van der Waals surface area contributed by atoms with Crippen molar-refractivity contribution in [3.8, 4) is 0 Å². The Labute approximate surface area is 122 Å². The van der Waals surface area contributed by atoms with Crippen LogP contribution in [0.15, 0.2) is 6.07 Å². The van der Waals surface area contributed by atoms with Gasteiger partial charge in [-0.1, -0.05) is 39.5 Å². The normalized spacial score (nSPS) is 19.0. The molecular weight excluding hydrogens is 250 g/mol. The second-order valence-electron chi connectivity index (χ2n) is 6.04. The highest BCUT2D eigenvalue weighted by Gasteiger charge is 2.37. The fraction of sp³-hybridized carbons (Fsp3) is 0.750. The molecule has 0 radical (unpaired) electrons. The molecule has 2 N–H and O–H groups in total. The van der Waals surface area contributed by atoms with E-state index in [1.165, 1.54) is 25.7 Å². The first kappa shape index (κ1) is 15.2. The second-order valence-corrected chi connectivity index (χ2v) is 6.04. The van der Waals surface area contributed by atoms with E-state index in [1.807, 2.05) is 13.0 Å². The summed E-state index contributed by atoms with van der Waals surface area (Å²) in [7, 11) is 0. The molecule has 1 heterocycles. The first-order valence-corrected chi connectivity index (χ1v) is 7.86. The summed E-state index contributed by atoms with van der Waals surface area (Å²) in [4.78, 5) is 9.29. The maximum Gasteiger partial charge on any atom is 0.162 e. The lowest BCUT2D eigenvalue weighted by Crippen LogP contribution is -2.32. The van der Waals surface area contributed by atoms with Crippen LogP contribution in [0.25, 0.3) is 0 Å². The molecule has 1 aromatic heterocycles. The first-order valence-electron chi connectivity index (χ1n) is 7.86. The van der Waals surface area contributed by atoms with Crippen LogP contribution in [0.5, 0.6) is 0 Å². The highest BCUT2D eigenvalue weighted by Crippen LogP contribution is 2.38. The summed E-state index contributed by atoms with van der Waals surface area (Å²) in [6, 6.07) is 1.88. The SMILES string of the molecule is CCOC1(c2nc(N)cc(C(C)C)n2)CCCCCC1. The number of aromatic nitrogens is 2. The van der Waals surface area contributed by atoms with Gasteiger partial charge in [-0.3, -0.25) is 0 Å². The number of nitrogen functional groups attached to an aromatic ring is 1. The Morgan fingerprint density at radius 2 is 1.85 bits per heavy atom. The number of ether oxygens (including phenoxy) is 1. The van der Waals surface area contributed by atoms with Crippen molar-refractivity contribution in [1.82, 2.24) is 9.97 Å². The zero-order chi connectivity index (χ0) is 14.6.